The van der Waals surface area contributed by atoms with Gasteiger partial charge in [-0.25, -0.2) is 4.98 Å². The largest absolute Gasteiger partial charge is 0.378 e. The van der Waals surface area contributed by atoms with Crippen LogP contribution in [0.2, 0.25) is 0 Å². The lowest BCUT2D eigenvalue weighted by molar-refractivity contribution is -0.136. The second-order valence-electron chi connectivity index (χ2n) is 6.43. The molecule has 2 fully saturated rings. The molecule has 3 heterocycles. The number of ether oxygens (including phenoxy) is 1. The van der Waals surface area contributed by atoms with Crippen molar-refractivity contribution < 1.29 is 9.53 Å². The van der Waals surface area contributed by atoms with Gasteiger partial charge in [0.1, 0.15) is 5.82 Å². The van der Waals surface area contributed by atoms with Crippen LogP contribution in [0.4, 0.5) is 5.82 Å². The molecule has 1 N–H and O–H groups in total. The van der Waals surface area contributed by atoms with Gasteiger partial charge < -0.3 is 15.0 Å². The SMILES string of the molecule is Cc1cccc(NC[C@H]2CCN(CC(=O)N3CCOCC3)C2)n1. The third-order valence-electron chi connectivity index (χ3n) is 4.55. The van der Waals surface area contributed by atoms with Crippen LogP contribution >= 0.6 is 0 Å². The van der Waals surface area contributed by atoms with Gasteiger partial charge >= 0.3 is 0 Å². The number of aromatic nitrogens is 1. The van der Waals surface area contributed by atoms with E-state index < -0.39 is 0 Å². The molecule has 2 aliphatic heterocycles. The molecular weight excluding hydrogens is 292 g/mol. The van der Waals surface area contributed by atoms with Crippen molar-refractivity contribution >= 4 is 11.7 Å². The van der Waals surface area contributed by atoms with Gasteiger partial charge in [0, 0.05) is 31.9 Å². The third kappa shape index (κ3) is 4.65. The summed E-state index contributed by atoms with van der Waals surface area (Å²) < 4.78 is 5.30. The maximum absolute atomic E-state index is 12.3. The molecule has 2 saturated heterocycles. The van der Waals surface area contributed by atoms with Gasteiger partial charge in [-0.2, -0.15) is 0 Å². The number of nitrogens with one attached hydrogen (secondary N) is 1. The van der Waals surface area contributed by atoms with Crippen LogP contribution in [0.15, 0.2) is 18.2 Å². The Morgan fingerprint density at radius 1 is 1.35 bits per heavy atom. The Morgan fingerprint density at radius 3 is 2.96 bits per heavy atom. The van der Waals surface area contributed by atoms with E-state index in [9.17, 15) is 4.79 Å². The highest BCUT2D eigenvalue weighted by Gasteiger charge is 2.26. The van der Waals surface area contributed by atoms with Gasteiger partial charge in [-0.3, -0.25) is 9.69 Å². The molecule has 2 aliphatic rings. The first-order valence-corrected chi connectivity index (χ1v) is 8.46. The predicted molar refractivity (Wildman–Crippen MR) is 89.4 cm³/mol. The molecule has 23 heavy (non-hydrogen) atoms. The molecule has 0 unspecified atom stereocenters. The fourth-order valence-corrected chi connectivity index (χ4v) is 3.22. The van der Waals surface area contributed by atoms with Crippen molar-refractivity contribution in [1.29, 1.82) is 0 Å². The maximum atomic E-state index is 12.3. The van der Waals surface area contributed by atoms with Crippen molar-refractivity contribution in [1.82, 2.24) is 14.8 Å². The minimum Gasteiger partial charge on any atom is -0.378 e. The molecule has 1 aromatic heterocycles. The molecule has 1 atom stereocenters. The van der Waals surface area contributed by atoms with Gasteiger partial charge in [0.05, 0.1) is 19.8 Å². The van der Waals surface area contributed by atoms with Crippen molar-refractivity contribution in [3.63, 3.8) is 0 Å². The van der Waals surface area contributed by atoms with Crippen molar-refractivity contribution in [2.45, 2.75) is 13.3 Å². The van der Waals surface area contributed by atoms with Crippen LogP contribution < -0.4 is 5.32 Å². The highest BCUT2D eigenvalue weighted by Crippen LogP contribution is 2.17. The molecule has 126 valence electrons. The number of likely N-dealkylation sites (tertiary alicyclic amines) is 1. The minimum atomic E-state index is 0.238. The van der Waals surface area contributed by atoms with E-state index in [-0.39, 0.29) is 5.91 Å². The normalized spacial score (nSPS) is 22.3. The molecule has 0 aliphatic carbocycles. The van der Waals surface area contributed by atoms with Crippen LogP contribution in [0.25, 0.3) is 0 Å². The molecule has 0 spiro atoms. The number of hydrogen-bond acceptors (Lipinski definition) is 5. The van der Waals surface area contributed by atoms with E-state index in [0.29, 0.717) is 25.7 Å². The van der Waals surface area contributed by atoms with Gasteiger partial charge in [-0.05, 0) is 37.9 Å². The Morgan fingerprint density at radius 2 is 2.17 bits per heavy atom. The van der Waals surface area contributed by atoms with Crippen LogP contribution in [0, 0.1) is 12.8 Å². The summed E-state index contributed by atoms with van der Waals surface area (Å²) in [7, 11) is 0. The number of carbonyl (C=O) groups excluding carboxylic acids is 1. The summed E-state index contributed by atoms with van der Waals surface area (Å²) in [5, 5.41) is 3.42. The number of pyridine rings is 1. The Bertz CT molecular complexity index is 531. The van der Waals surface area contributed by atoms with E-state index in [1.54, 1.807) is 0 Å². The first kappa shape index (κ1) is 16.2. The van der Waals surface area contributed by atoms with Gasteiger partial charge in [-0.1, -0.05) is 6.07 Å². The quantitative estimate of drug-likeness (QED) is 0.877. The fourth-order valence-electron chi connectivity index (χ4n) is 3.22. The second kappa shape index (κ2) is 7.75. The Kier molecular flexibility index (Phi) is 5.46. The topological polar surface area (TPSA) is 57.7 Å². The molecule has 0 aromatic carbocycles. The van der Waals surface area contributed by atoms with Crippen molar-refractivity contribution in [2.24, 2.45) is 5.92 Å². The molecule has 6 heteroatoms. The van der Waals surface area contributed by atoms with Gasteiger partial charge in [0.2, 0.25) is 5.91 Å². The van der Waals surface area contributed by atoms with Crippen molar-refractivity contribution in [2.75, 3.05) is 57.8 Å². The highest BCUT2D eigenvalue weighted by atomic mass is 16.5. The standard InChI is InChI=1S/C17H26N4O2/c1-14-3-2-4-16(19-14)18-11-15-5-6-20(12-15)13-17(22)21-7-9-23-10-8-21/h2-4,15H,5-13H2,1H3,(H,18,19)/t15-/m1/s1. The van der Waals surface area contributed by atoms with Gasteiger partial charge in [0.15, 0.2) is 0 Å². The molecule has 1 amide bonds. The van der Waals surface area contributed by atoms with Crippen molar-refractivity contribution in [3.8, 4) is 0 Å². The fraction of sp³-hybridized carbons (Fsp3) is 0.647. The average molecular weight is 318 g/mol. The van der Waals surface area contributed by atoms with Crippen molar-refractivity contribution in [3.05, 3.63) is 23.9 Å². The first-order chi connectivity index (χ1) is 11.2. The van der Waals surface area contributed by atoms with Crippen LogP contribution in [-0.2, 0) is 9.53 Å². The zero-order valence-corrected chi connectivity index (χ0v) is 13.8. The summed E-state index contributed by atoms with van der Waals surface area (Å²) >= 11 is 0. The number of anilines is 1. The lowest BCUT2D eigenvalue weighted by Crippen LogP contribution is -2.45. The summed E-state index contributed by atoms with van der Waals surface area (Å²) in [6.07, 6.45) is 1.13. The maximum Gasteiger partial charge on any atom is 0.236 e. The monoisotopic (exact) mass is 318 g/mol. The van der Waals surface area contributed by atoms with E-state index in [2.05, 4.69) is 15.2 Å². The van der Waals surface area contributed by atoms with E-state index in [1.807, 2.05) is 30.0 Å². The molecule has 3 rings (SSSR count). The molecular formula is C17H26N4O2. The highest BCUT2D eigenvalue weighted by molar-refractivity contribution is 5.78. The van der Waals surface area contributed by atoms with Gasteiger partial charge in [0.25, 0.3) is 0 Å². The van der Waals surface area contributed by atoms with Gasteiger partial charge in [-0.15, -0.1) is 0 Å². The summed E-state index contributed by atoms with van der Waals surface area (Å²) in [6, 6.07) is 6.02. The lowest BCUT2D eigenvalue weighted by Gasteiger charge is -2.28. The number of carbonyl (C=O) groups is 1. The summed E-state index contributed by atoms with van der Waals surface area (Å²) in [4.78, 5) is 20.9. The first-order valence-electron chi connectivity index (χ1n) is 8.46. The number of hydrogen-bond donors (Lipinski definition) is 1. The Labute approximate surface area is 137 Å². The Balaban J connectivity index is 1.40. The zero-order chi connectivity index (χ0) is 16.1. The minimum absolute atomic E-state index is 0.238. The van der Waals surface area contributed by atoms with E-state index >= 15 is 0 Å². The number of aryl methyl sites for hydroxylation is 1. The number of morpholine rings is 1. The second-order valence-corrected chi connectivity index (χ2v) is 6.43. The van der Waals surface area contributed by atoms with Crippen LogP contribution in [0.3, 0.4) is 0 Å². The van der Waals surface area contributed by atoms with E-state index in [0.717, 1.165) is 50.7 Å². The molecule has 0 radical (unpaired) electrons. The number of nitrogens with zero attached hydrogens (tertiary/aromatic N) is 3. The molecule has 0 saturated carbocycles. The van der Waals surface area contributed by atoms with Crippen LogP contribution in [0.5, 0.6) is 0 Å². The predicted octanol–water partition coefficient (Wildman–Crippen LogP) is 0.983. The Hall–Kier alpha value is -1.66. The number of rotatable bonds is 5. The van der Waals surface area contributed by atoms with Crippen LogP contribution in [0.1, 0.15) is 12.1 Å². The smallest absolute Gasteiger partial charge is 0.236 e. The molecule has 1 aromatic rings. The zero-order valence-electron chi connectivity index (χ0n) is 13.8. The average Bonchev–Trinajstić information content (AvgIpc) is 3.01. The summed E-state index contributed by atoms with van der Waals surface area (Å²) in [6.45, 7) is 8.24. The summed E-state index contributed by atoms with van der Waals surface area (Å²) in [5.41, 5.74) is 1.03. The van der Waals surface area contributed by atoms with E-state index in [1.165, 1.54) is 0 Å². The van der Waals surface area contributed by atoms with Crippen LogP contribution in [-0.4, -0.2) is 73.2 Å². The number of amides is 1. The molecule has 6 nitrogen and oxygen atoms in total. The summed E-state index contributed by atoms with van der Waals surface area (Å²) in [5.74, 6) is 1.75. The molecule has 0 bridgehead atoms. The third-order valence-corrected chi connectivity index (χ3v) is 4.55. The lowest BCUT2D eigenvalue weighted by atomic mass is 10.1. The van der Waals surface area contributed by atoms with E-state index in [4.69, 9.17) is 4.74 Å².